The Bertz CT molecular complexity index is 571. The average molecular weight is 287 g/mol. The molecule has 0 aliphatic rings. The Balaban J connectivity index is 2.28. The van der Waals surface area contributed by atoms with Crippen LogP contribution in [0.25, 0.3) is 0 Å². The van der Waals surface area contributed by atoms with Gasteiger partial charge in [0.25, 0.3) is 0 Å². The van der Waals surface area contributed by atoms with Crippen LogP contribution in [0.15, 0.2) is 42.6 Å². The van der Waals surface area contributed by atoms with Crippen molar-refractivity contribution in [2.75, 3.05) is 20.3 Å². The lowest BCUT2D eigenvalue weighted by atomic mass is 10.00. The van der Waals surface area contributed by atoms with E-state index in [4.69, 9.17) is 9.47 Å². The van der Waals surface area contributed by atoms with Gasteiger partial charge in [0, 0.05) is 18.9 Å². The molecule has 0 radical (unpaired) electrons. The number of benzene rings is 1. The fraction of sp³-hybridized carbons (Fsp3) is 0.353. The summed E-state index contributed by atoms with van der Waals surface area (Å²) in [6.07, 6.45) is 1.74. The van der Waals surface area contributed by atoms with Gasteiger partial charge in [-0.15, -0.1) is 0 Å². The molecule has 0 saturated carbocycles. The summed E-state index contributed by atoms with van der Waals surface area (Å²) in [5, 5.41) is 10.7. The van der Waals surface area contributed by atoms with E-state index in [-0.39, 0.29) is 0 Å². The van der Waals surface area contributed by atoms with Crippen molar-refractivity contribution in [3.8, 4) is 5.75 Å². The first-order chi connectivity index (χ1) is 10.3. The summed E-state index contributed by atoms with van der Waals surface area (Å²) < 4.78 is 10.7. The summed E-state index contributed by atoms with van der Waals surface area (Å²) in [7, 11) is 1.63. The quantitative estimate of drug-likeness (QED) is 0.796. The Hall–Kier alpha value is -1.91. The van der Waals surface area contributed by atoms with E-state index >= 15 is 0 Å². The van der Waals surface area contributed by atoms with Crippen LogP contribution in [-0.2, 0) is 11.2 Å². The summed E-state index contributed by atoms with van der Waals surface area (Å²) in [6.45, 7) is 3.01. The molecule has 1 aromatic heterocycles. The number of aliphatic hydroxyl groups is 1. The highest BCUT2D eigenvalue weighted by atomic mass is 16.5. The molecule has 1 atom stereocenters. The Labute approximate surface area is 125 Å². The number of methoxy groups -OCH3 is 1. The molecule has 1 unspecified atom stereocenters. The van der Waals surface area contributed by atoms with Crippen LogP contribution in [0.5, 0.6) is 5.75 Å². The topological polar surface area (TPSA) is 51.6 Å². The van der Waals surface area contributed by atoms with Crippen LogP contribution in [0.2, 0.25) is 0 Å². The second kappa shape index (κ2) is 7.76. The van der Waals surface area contributed by atoms with Gasteiger partial charge in [-0.3, -0.25) is 4.98 Å². The molecule has 1 heterocycles. The fourth-order valence-corrected chi connectivity index (χ4v) is 2.22. The van der Waals surface area contributed by atoms with Crippen molar-refractivity contribution in [1.82, 2.24) is 4.98 Å². The molecule has 4 nitrogen and oxygen atoms in total. The minimum atomic E-state index is -0.792. The Morgan fingerprint density at radius 2 is 1.95 bits per heavy atom. The minimum Gasteiger partial charge on any atom is -0.491 e. The van der Waals surface area contributed by atoms with Crippen molar-refractivity contribution in [2.24, 2.45) is 0 Å². The lowest BCUT2D eigenvalue weighted by molar-refractivity contribution is 0.142. The van der Waals surface area contributed by atoms with Crippen molar-refractivity contribution in [2.45, 2.75) is 19.4 Å². The zero-order chi connectivity index (χ0) is 15.1. The Kier molecular flexibility index (Phi) is 5.72. The fourth-order valence-electron chi connectivity index (χ4n) is 2.22. The molecule has 0 saturated heterocycles. The Morgan fingerprint density at radius 3 is 2.71 bits per heavy atom. The summed E-state index contributed by atoms with van der Waals surface area (Å²) in [4.78, 5) is 4.33. The van der Waals surface area contributed by atoms with Crippen LogP contribution in [0.3, 0.4) is 0 Å². The number of aliphatic hydroxyl groups excluding tert-OH is 1. The predicted molar refractivity (Wildman–Crippen MR) is 81.5 cm³/mol. The number of rotatable bonds is 7. The summed E-state index contributed by atoms with van der Waals surface area (Å²) in [6, 6.07) is 11.4. The molecule has 0 amide bonds. The Morgan fingerprint density at radius 1 is 1.14 bits per heavy atom. The van der Waals surface area contributed by atoms with Gasteiger partial charge in [0.15, 0.2) is 0 Å². The van der Waals surface area contributed by atoms with Crippen molar-refractivity contribution in [1.29, 1.82) is 0 Å². The number of aromatic nitrogens is 1. The molecule has 2 rings (SSSR count). The maximum atomic E-state index is 10.7. The van der Waals surface area contributed by atoms with Gasteiger partial charge in [-0.25, -0.2) is 0 Å². The lowest BCUT2D eigenvalue weighted by Gasteiger charge is -2.17. The maximum Gasteiger partial charge on any atom is 0.125 e. The van der Waals surface area contributed by atoms with Gasteiger partial charge in [0.1, 0.15) is 18.5 Å². The zero-order valence-electron chi connectivity index (χ0n) is 12.5. The molecule has 4 heteroatoms. The van der Waals surface area contributed by atoms with E-state index in [1.807, 2.05) is 43.3 Å². The van der Waals surface area contributed by atoms with E-state index in [1.165, 1.54) is 0 Å². The molecule has 0 bridgehead atoms. The normalized spacial score (nSPS) is 12.1. The third kappa shape index (κ3) is 3.80. The second-order valence-electron chi connectivity index (χ2n) is 4.68. The van der Waals surface area contributed by atoms with Crippen LogP contribution < -0.4 is 4.74 Å². The van der Waals surface area contributed by atoms with E-state index in [0.717, 1.165) is 17.5 Å². The third-order valence-corrected chi connectivity index (χ3v) is 3.32. The minimum absolute atomic E-state index is 0.448. The smallest absolute Gasteiger partial charge is 0.125 e. The van der Waals surface area contributed by atoms with Gasteiger partial charge in [0.05, 0.1) is 12.3 Å². The SMILES string of the molecule is CCc1cccnc1C(O)c1ccccc1OCCOC. The third-order valence-electron chi connectivity index (χ3n) is 3.32. The van der Waals surface area contributed by atoms with E-state index in [9.17, 15) is 5.11 Å². The predicted octanol–water partition coefficient (Wildman–Crippen LogP) is 2.75. The van der Waals surface area contributed by atoms with Crippen LogP contribution >= 0.6 is 0 Å². The van der Waals surface area contributed by atoms with E-state index in [2.05, 4.69) is 4.98 Å². The number of hydrogen-bond donors (Lipinski definition) is 1. The standard InChI is InChI=1S/C17H21NO3/c1-3-13-7-6-10-18-16(13)17(19)14-8-4-5-9-15(14)21-12-11-20-2/h4-10,17,19H,3,11-12H2,1-2H3. The summed E-state index contributed by atoms with van der Waals surface area (Å²) in [5.41, 5.74) is 2.45. The molecule has 112 valence electrons. The first kappa shape index (κ1) is 15.5. The van der Waals surface area contributed by atoms with Gasteiger partial charge < -0.3 is 14.6 Å². The highest BCUT2D eigenvalue weighted by Gasteiger charge is 2.18. The molecule has 2 aromatic rings. The number of para-hydroxylation sites is 1. The highest BCUT2D eigenvalue weighted by molar-refractivity contribution is 5.40. The first-order valence-electron chi connectivity index (χ1n) is 7.10. The van der Waals surface area contributed by atoms with Gasteiger partial charge in [0.2, 0.25) is 0 Å². The molecule has 0 spiro atoms. The largest absolute Gasteiger partial charge is 0.491 e. The zero-order valence-corrected chi connectivity index (χ0v) is 12.5. The molecule has 0 aliphatic carbocycles. The van der Waals surface area contributed by atoms with Gasteiger partial charge in [-0.2, -0.15) is 0 Å². The van der Waals surface area contributed by atoms with Crippen LogP contribution in [0.1, 0.15) is 29.8 Å². The van der Waals surface area contributed by atoms with E-state index in [1.54, 1.807) is 13.3 Å². The molecular formula is C17H21NO3. The molecule has 0 aliphatic heterocycles. The number of pyridine rings is 1. The summed E-state index contributed by atoms with van der Waals surface area (Å²) >= 11 is 0. The number of aryl methyl sites for hydroxylation is 1. The van der Waals surface area contributed by atoms with Crippen molar-refractivity contribution >= 4 is 0 Å². The van der Waals surface area contributed by atoms with E-state index in [0.29, 0.717) is 24.7 Å². The van der Waals surface area contributed by atoms with Crippen molar-refractivity contribution < 1.29 is 14.6 Å². The molecule has 1 N–H and O–H groups in total. The van der Waals surface area contributed by atoms with Gasteiger partial charge >= 0.3 is 0 Å². The average Bonchev–Trinajstić information content (AvgIpc) is 2.55. The van der Waals surface area contributed by atoms with Crippen molar-refractivity contribution in [3.63, 3.8) is 0 Å². The lowest BCUT2D eigenvalue weighted by Crippen LogP contribution is -2.10. The van der Waals surface area contributed by atoms with E-state index < -0.39 is 6.10 Å². The van der Waals surface area contributed by atoms with Crippen LogP contribution in [0, 0.1) is 0 Å². The van der Waals surface area contributed by atoms with Gasteiger partial charge in [-0.1, -0.05) is 31.2 Å². The van der Waals surface area contributed by atoms with Crippen LogP contribution in [-0.4, -0.2) is 30.4 Å². The molecule has 0 fully saturated rings. The number of nitrogens with zero attached hydrogens (tertiary/aromatic N) is 1. The second-order valence-corrected chi connectivity index (χ2v) is 4.68. The first-order valence-corrected chi connectivity index (χ1v) is 7.10. The number of hydrogen-bond acceptors (Lipinski definition) is 4. The van der Waals surface area contributed by atoms with Gasteiger partial charge in [-0.05, 0) is 24.1 Å². The highest BCUT2D eigenvalue weighted by Crippen LogP contribution is 2.30. The maximum absolute atomic E-state index is 10.7. The van der Waals surface area contributed by atoms with Crippen LogP contribution in [0.4, 0.5) is 0 Å². The van der Waals surface area contributed by atoms with Crippen molar-refractivity contribution in [3.05, 3.63) is 59.4 Å². The monoisotopic (exact) mass is 287 g/mol. The number of ether oxygens (including phenoxy) is 2. The molecule has 1 aromatic carbocycles. The summed E-state index contributed by atoms with van der Waals surface area (Å²) in [5.74, 6) is 0.662. The molecular weight excluding hydrogens is 266 g/mol. The molecule has 21 heavy (non-hydrogen) atoms.